The Morgan fingerprint density at radius 1 is 1.05 bits per heavy atom. The van der Waals surface area contributed by atoms with Crippen LogP contribution in [-0.2, 0) is 26.2 Å². The Morgan fingerprint density at radius 3 is 2.18 bits per heavy atom. The Bertz CT molecular complexity index is 1220. The van der Waals surface area contributed by atoms with Crippen LogP contribution in [-0.4, -0.2) is 64.7 Å². The number of carbonyl (C=O) groups is 2. The van der Waals surface area contributed by atoms with Crippen LogP contribution >= 0.6 is 23.2 Å². The Hall–Kier alpha value is -2.69. The predicted octanol–water partition coefficient (Wildman–Crippen LogP) is 4.36. The highest BCUT2D eigenvalue weighted by Crippen LogP contribution is 2.34. The Labute approximate surface area is 235 Å². The van der Waals surface area contributed by atoms with Crippen LogP contribution in [0.5, 0.6) is 11.5 Å². The van der Waals surface area contributed by atoms with Crippen molar-refractivity contribution in [3.05, 3.63) is 52.0 Å². The van der Waals surface area contributed by atoms with E-state index in [9.17, 15) is 18.0 Å². The number of rotatable bonds is 13. The summed E-state index contributed by atoms with van der Waals surface area (Å²) in [5, 5.41) is 3.51. The second-order valence-electron chi connectivity index (χ2n) is 9.09. The lowest BCUT2D eigenvalue weighted by molar-refractivity contribution is -0.140. The first kappa shape index (κ1) is 31.5. The summed E-state index contributed by atoms with van der Waals surface area (Å²) in [7, 11) is -1.13. The first-order valence-corrected chi connectivity index (χ1v) is 14.6. The van der Waals surface area contributed by atoms with Crippen molar-refractivity contribution < 1.29 is 27.5 Å². The van der Waals surface area contributed by atoms with E-state index in [1.807, 2.05) is 13.8 Å². The third kappa shape index (κ3) is 8.15. The molecule has 2 amide bonds. The van der Waals surface area contributed by atoms with Crippen LogP contribution in [0.15, 0.2) is 36.4 Å². The van der Waals surface area contributed by atoms with Gasteiger partial charge in [0.2, 0.25) is 21.8 Å². The van der Waals surface area contributed by atoms with E-state index in [1.165, 1.54) is 25.2 Å². The maximum Gasteiger partial charge on any atom is 0.244 e. The zero-order chi connectivity index (χ0) is 28.6. The zero-order valence-electron chi connectivity index (χ0n) is 22.5. The molecule has 2 aromatic rings. The fraction of sp³-hybridized carbons (Fsp3) is 0.462. The third-order valence-corrected chi connectivity index (χ3v) is 7.63. The van der Waals surface area contributed by atoms with E-state index in [1.54, 1.807) is 37.3 Å². The van der Waals surface area contributed by atoms with Gasteiger partial charge in [0.25, 0.3) is 0 Å². The summed E-state index contributed by atoms with van der Waals surface area (Å²) in [4.78, 5) is 28.4. The van der Waals surface area contributed by atoms with Crippen LogP contribution in [0.25, 0.3) is 0 Å². The molecule has 0 heterocycles. The number of carbonyl (C=O) groups excluding carboxylic acids is 2. The van der Waals surface area contributed by atoms with Crippen molar-refractivity contribution in [3.8, 4) is 11.5 Å². The first-order chi connectivity index (χ1) is 17.8. The van der Waals surface area contributed by atoms with Gasteiger partial charge in [0.05, 0.1) is 26.2 Å². The van der Waals surface area contributed by atoms with Gasteiger partial charge >= 0.3 is 0 Å². The summed E-state index contributed by atoms with van der Waals surface area (Å²) in [6.07, 6.45) is 1.26. The predicted molar refractivity (Wildman–Crippen MR) is 151 cm³/mol. The lowest BCUT2D eigenvalue weighted by Gasteiger charge is -2.33. The van der Waals surface area contributed by atoms with Crippen LogP contribution in [0.2, 0.25) is 10.0 Å². The minimum atomic E-state index is -3.97. The van der Waals surface area contributed by atoms with Crippen LogP contribution in [0.4, 0.5) is 5.69 Å². The number of anilines is 1. The van der Waals surface area contributed by atoms with Gasteiger partial charge in [-0.05, 0) is 36.6 Å². The van der Waals surface area contributed by atoms with Gasteiger partial charge < -0.3 is 19.7 Å². The Morgan fingerprint density at radius 2 is 1.68 bits per heavy atom. The number of ether oxygens (including phenoxy) is 2. The molecule has 0 aliphatic carbocycles. The van der Waals surface area contributed by atoms with Crippen molar-refractivity contribution in [3.63, 3.8) is 0 Å². The van der Waals surface area contributed by atoms with Gasteiger partial charge in [0.1, 0.15) is 24.1 Å². The molecule has 0 aliphatic heterocycles. The van der Waals surface area contributed by atoms with Crippen LogP contribution < -0.4 is 19.1 Å². The van der Waals surface area contributed by atoms with Gasteiger partial charge in [-0.2, -0.15) is 0 Å². The molecule has 0 radical (unpaired) electrons. The molecule has 0 spiro atoms. The molecule has 0 saturated carbocycles. The smallest absolute Gasteiger partial charge is 0.244 e. The van der Waals surface area contributed by atoms with E-state index in [4.69, 9.17) is 32.7 Å². The molecule has 2 rings (SSSR count). The largest absolute Gasteiger partial charge is 0.497 e. The maximum atomic E-state index is 13.9. The SMILES string of the molecule is CCC(C(=O)NCC(C)C)N(Cc1c(Cl)cccc1Cl)C(=O)CN(c1cc(OC)ccc1OC)S(C)(=O)=O. The number of amides is 2. The van der Waals surface area contributed by atoms with Crippen LogP contribution in [0.1, 0.15) is 32.8 Å². The summed E-state index contributed by atoms with van der Waals surface area (Å²) in [5.74, 6) is -0.183. The molecule has 0 aliphatic rings. The number of sulfonamides is 1. The van der Waals surface area contributed by atoms with Crippen LogP contribution in [0.3, 0.4) is 0 Å². The van der Waals surface area contributed by atoms with Gasteiger partial charge in [-0.25, -0.2) is 8.42 Å². The Balaban J connectivity index is 2.57. The lowest BCUT2D eigenvalue weighted by atomic mass is 10.1. The quantitative estimate of drug-likeness (QED) is 0.373. The summed E-state index contributed by atoms with van der Waals surface area (Å²) < 4.78 is 37.4. The number of nitrogens with one attached hydrogen (secondary N) is 1. The lowest BCUT2D eigenvalue weighted by Crippen LogP contribution is -2.52. The highest BCUT2D eigenvalue weighted by atomic mass is 35.5. The second-order valence-corrected chi connectivity index (χ2v) is 11.8. The summed E-state index contributed by atoms with van der Waals surface area (Å²) >= 11 is 12.8. The van der Waals surface area contributed by atoms with E-state index in [0.29, 0.717) is 27.9 Å². The monoisotopic (exact) mass is 587 g/mol. The third-order valence-electron chi connectivity index (χ3n) is 5.79. The molecule has 0 saturated heterocycles. The van der Waals surface area contributed by atoms with E-state index in [0.717, 1.165) is 10.6 Å². The highest BCUT2D eigenvalue weighted by molar-refractivity contribution is 7.92. The van der Waals surface area contributed by atoms with E-state index >= 15 is 0 Å². The van der Waals surface area contributed by atoms with Crippen molar-refractivity contribution in [2.24, 2.45) is 5.92 Å². The second kappa shape index (κ2) is 13.9. The molecule has 2 aromatic carbocycles. The number of halogens is 2. The molecule has 9 nitrogen and oxygen atoms in total. The van der Waals surface area contributed by atoms with Crippen molar-refractivity contribution in [2.45, 2.75) is 39.8 Å². The van der Waals surface area contributed by atoms with Gasteiger partial charge in [-0.15, -0.1) is 0 Å². The molecule has 0 aromatic heterocycles. The van der Waals surface area contributed by atoms with E-state index in [2.05, 4.69) is 5.32 Å². The number of hydrogen-bond acceptors (Lipinski definition) is 6. The van der Waals surface area contributed by atoms with E-state index < -0.39 is 28.5 Å². The fourth-order valence-electron chi connectivity index (χ4n) is 3.78. The Kier molecular flexibility index (Phi) is 11.5. The molecular formula is C26H35Cl2N3O6S. The van der Waals surface area contributed by atoms with Crippen LogP contribution in [0, 0.1) is 5.92 Å². The highest BCUT2D eigenvalue weighted by Gasteiger charge is 2.33. The van der Waals surface area contributed by atoms with Gasteiger partial charge in [-0.3, -0.25) is 13.9 Å². The summed E-state index contributed by atoms with van der Waals surface area (Å²) in [6, 6.07) is 8.67. The average Bonchev–Trinajstić information content (AvgIpc) is 2.86. The molecule has 1 unspecified atom stereocenters. The minimum Gasteiger partial charge on any atom is -0.497 e. The van der Waals surface area contributed by atoms with E-state index in [-0.39, 0.29) is 36.2 Å². The number of hydrogen-bond donors (Lipinski definition) is 1. The summed E-state index contributed by atoms with van der Waals surface area (Å²) in [5.41, 5.74) is 0.569. The van der Waals surface area contributed by atoms with Crippen molar-refractivity contribution in [1.29, 1.82) is 0 Å². The van der Waals surface area contributed by atoms with Crippen molar-refractivity contribution in [2.75, 3.05) is 37.9 Å². The summed E-state index contributed by atoms with van der Waals surface area (Å²) in [6.45, 7) is 5.41. The molecule has 1 atom stereocenters. The first-order valence-electron chi connectivity index (χ1n) is 12.0. The van der Waals surface area contributed by atoms with Crippen molar-refractivity contribution >= 4 is 50.7 Å². The molecular weight excluding hydrogens is 553 g/mol. The fourth-order valence-corrected chi connectivity index (χ4v) is 5.14. The normalized spacial score (nSPS) is 12.1. The number of benzene rings is 2. The molecule has 210 valence electrons. The number of methoxy groups -OCH3 is 2. The molecule has 12 heteroatoms. The van der Waals surface area contributed by atoms with Crippen molar-refractivity contribution in [1.82, 2.24) is 10.2 Å². The average molecular weight is 589 g/mol. The van der Waals surface area contributed by atoms with Gasteiger partial charge in [0.15, 0.2) is 0 Å². The zero-order valence-corrected chi connectivity index (χ0v) is 24.8. The topological polar surface area (TPSA) is 105 Å². The molecule has 0 bridgehead atoms. The maximum absolute atomic E-state index is 13.9. The number of nitrogens with zero attached hydrogens (tertiary/aromatic N) is 2. The standard InChI is InChI=1S/C26H35Cl2N3O6S/c1-7-22(26(33)29-14-17(2)3)30(15-19-20(27)9-8-10-21(19)28)25(32)16-31(38(6,34)35)23-13-18(36-4)11-12-24(23)37-5/h8-13,17,22H,7,14-16H2,1-6H3,(H,29,33). The molecule has 0 fully saturated rings. The van der Waals surface area contributed by atoms with Gasteiger partial charge in [-0.1, -0.05) is 50.0 Å². The molecule has 38 heavy (non-hydrogen) atoms. The molecule has 1 N–H and O–H groups in total. The minimum absolute atomic E-state index is 0.0994. The van der Waals surface area contributed by atoms with Gasteiger partial charge in [0, 0.05) is 34.8 Å².